The monoisotopic (exact) mass is 512 g/mol. The van der Waals surface area contributed by atoms with Crippen LogP contribution in [-0.4, -0.2) is 24.4 Å². The molecule has 28 heavy (non-hydrogen) atoms. The van der Waals surface area contributed by atoms with E-state index in [1.165, 1.54) is 37.4 Å². The standard InChI is InChI=1S/C16H15F3N4O4.HI/c1-26-14-7-4-12(23(24)25)8-10(14)9-21-15(20)22-11-2-5-13(6-3-11)27-16(17,18)19;/h2-8H,9H2,1H3,(H3,20,21,22);1H. The molecule has 0 spiro atoms. The number of halogens is 4. The van der Waals surface area contributed by atoms with Crippen LogP contribution in [-0.2, 0) is 6.54 Å². The highest BCUT2D eigenvalue weighted by Crippen LogP contribution is 2.25. The normalized spacial score (nSPS) is 11.4. The van der Waals surface area contributed by atoms with Crippen molar-refractivity contribution in [1.82, 2.24) is 0 Å². The molecule has 0 radical (unpaired) electrons. The van der Waals surface area contributed by atoms with Crippen LogP contribution in [0.1, 0.15) is 5.56 Å². The van der Waals surface area contributed by atoms with E-state index in [-0.39, 0.29) is 47.9 Å². The molecule has 152 valence electrons. The van der Waals surface area contributed by atoms with Crippen LogP contribution in [0.15, 0.2) is 47.5 Å². The van der Waals surface area contributed by atoms with E-state index in [1.54, 1.807) is 0 Å². The van der Waals surface area contributed by atoms with Gasteiger partial charge in [-0.2, -0.15) is 0 Å². The van der Waals surface area contributed by atoms with Crippen LogP contribution >= 0.6 is 24.0 Å². The van der Waals surface area contributed by atoms with Gasteiger partial charge in [0.25, 0.3) is 5.69 Å². The Hall–Kier alpha value is -2.77. The van der Waals surface area contributed by atoms with Gasteiger partial charge in [0.1, 0.15) is 11.5 Å². The summed E-state index contributed by atoms with van der Waals surface area (Å²) in [6.45, 7) is -0.00104. The lowest BCUT2D eigenvalue weighted by Gasteiger charge is -2.10. The predicted molar refractivity (Wildman–Crippen MR) is 107 cm³/mol. The third-order valence-electron chi connectivity index (χ3n) is 3.25. The second kappa shape index (κ2) is 9.96. The summed E-state index contributed by atoms with van der Waals surface area (Å²) in [4.78, 5) is 14.4. The average Bonchev–Trinajstić information content (AvgIpc) is 2.60. The number of hydrogen-bond donors (Lipinski definition) is 2. The predicted octanol–water partition coefficient (Wildman–Crippen LogP) is 4.05. The summed E-state index contributed by atoms with van der Waals surface area (Å²) in [7, 11) is 1.42. The van der Waals surface area contributed by atoms with Gasteiger partial charge in [-0.3, -0.25) is 10.1 Å². The van der Waals surface area contributed by atoms with Gasteiger partial charge in [-0.05, 0) is 30.3 Å². The molecule has 0 aliphatic carbocycles. The van der Waals surface area contributed by atoms with Crippen molar-refractivity contribution in [3.05, 3.63) is 58.1 Å². The first-order valence-electron chi connectivity index (χ1n) is 7.42. The van der Waals surface area contributed by atoms with E-state index < -0.39 is 11.3 Å². The van der Waals surface area contributed by atoms with E-state index in [2.05, 4.69) is 15.0 Å². The summed E-state index contributed by atoms with van der Waals surface area (Å²) in [6.07, 6.45) is -4.77. The summed E-state index contributed by atoms with van der Waals surface area (Å²) >= 11 is 0. The van der Waals surface area contributed by atoms with Crippen molar-refractivity contribution in [1.29, 1.82) is 0 Å². The van der Waals surface area contributed by atoms with Crippen molar-refractivity contribution < 1.29 is 27.6 Å². The van der Waals surface area contributed by atoms with Gasteiger partial charge in [0.15, 0.2) is 5.96 Å². The number of rotatable bonds is 6. The Morgan fingerprint density at radius 3 is 2.43 bits per heavy atom. The Balaban J connectivity index is 0.00000392. The van der Waals surface area contributed by atoms with Gasteiger partial charge in [-0.25, -0.2) is 4.99 Å². The molecule has 0 aliphatic heterocycles. The molecule has 0 saturated heterocycles. The maximum absolute atomic E-state index is 12.1. The highest BCUT2D eigenvalue weighted by atomic mass is 127. The van der Waals surface area contributed by atoms with Crippen molar-refractivity contribution in [2.24, 2.45) is 10.7 Å². The lowest BCUT2D eigenvalue weighted by Crippen LogP contribution is -2.22. The number of ether oxygens (including phenoxy) is 2. The maximum atomic E-state index is 12.1. The molecule has 0 aromatic heterocycles. The second-order valence-corrected chi connectivity index (χ2v) is 5.15. The zero-order valence-corrected chi connectivity index (χ0v) is 16.7. The van der Waals surface area contributed by atoms with Crippen molar-refractivity contribution in [2.75, 3.05) is 12.4 Å². The van der Waals surface area contributed by atoms with Gasteiger partial charge in [0, 0.05) is 23.4 Å². The molecule has 0 amide bonds. The van der Waals surface area contributed by atoms with E-state index >= 15 is 0 Å². The van der Waals surface area contributed by atoms with Gasteiger partial charge >= 0.3 is 6.36 Å². The zero-order chi connectivity index (χ0) is 20.0. The number of alkyl halides is 3. The second-order valence-electron chi connectivity index (χ2n) is 5.15. The van der Waals surface area contributed by atoms with Crippen LogP contribution in [0.5, 0.6) is 11.5 Å². The van der Waals surface area contributed by atoms with E-state index in [9.17, 15) is 23.3 Å². The largest absolute Gasteiger partial charge is 0.573 e. The topological polar surface area (TPSA) is 112 Å². The van der Waals surface area contributed by atoms with E-state index in [0.29, 0.717) is 17.0 Å². The first-order valence-corrected chi connectivity index (χ1v) is 7.42. The van der Waals surface area contributed by atoms with Crippen LogP contribution in [0.3, 0.4) is 0 Å². The molecule has 2 aromatic carbocycles. The Labute approximate surface area is 174 Å². The number of nitro groups is 1. The maximum Gasteiger partial charge on any atom is 0.573 e. The summed E-state index contributed by atoms with van der Waals surface area (Å²) in [6, 6.07) is 8.97. The van der Waals surface area contributed by atoms with Crippen LogP contribution in [0, 0.1) is 10.1 Å². The number of benzene rings is 2. The molecule has 0 atom stereocenters. The summed E-state index contributed by atoms with van der Waals surface area (Å²) in [5.41, 5.74) is 6.45. The van der Waals surface area contributed by atoms with Gasteiger partial charge in [-0.1, -0.05) is 0 Å². The van der Waals surface area contributed by atoms with E-state index in [0.717, 1.165) is 12.1 Å². The van der Waals surface area contributed by atoms with Gasteiger partial charge in [0.2, 0.25) is 0 Å². The molecule has 0 bridgehead atoms. The minimum Gasteiger partial charge on any atom is -0.496 e. The molecular formula is C16H16F3IN4O4. The minimum atomic E-state index is -4.77. The smallest absolute Gasteiger partial charge is 0.496 e. The van der Waals surface area contributed by atoms with Crippen LogP contribution < -0.4 is 20.5 Å². The van der Waals surface area contributed by atoms with Crippen LogP contribution in [0.4, 0.5) is 24.5 Å². The first-order chi connectivity index (χ1) is 12.7. The minimum absolute atomic E-state index is 0. The highest BCUT2D eigenvalue weighted by Gasteiger charge is 2.30. The Bertz CT molecular complexity index is 845. The number of nitrogens with zero attached hydrogens (tertiary/aromatic N) is 2. The molecule has 0 fully saturated rings. The van der Waals surface area contributed by atoms with E-state index in [1.807, 2.05) is 0 Å². The lowest BCUT2D eigenvalue weighted by molar-refractivity contribution is -0.384. The third kappa shape index (κ3) is 7.09. The number of aliphatic imine (C=N–C) groups is 1. The van der Waals surface area contributed by atoms with Crippen molar-refractivity contribution in [3.8, 4) is 11.5 Å². The third-order valence-corrected chi connectivity index (χ3v) is 3.25. The molecule has 8 nitrogen and oxygen atoms in total. The number of non-ortho nitro benzene ring substituents is 1. The Kier molecular flexibility index (Phi) is 8.28. The number of guanidine groups is 1. The number of nitro benzene ring substituents is 1. The van der Waals surface area contributed by atoms with Crippen LogP contribution in [0.25, 0.3) is 0 Å². The number of hydrogen-bond acceptors (Lipinski definition) is 5. The molecule has 0 saturated carbocycles. The van der Waals surface area contributed by atoms with Gasteiger partial charge < -0.3 is 20.5 Å². The number of methoxy groups -OCH3 is 1. The molecule has 2 rings (SSSR count). The van der Waals surface area contributed by atoms with Crippen molar-refractivity contribution >= 4 is 41.3 Å². The first kappa shape index (κ1) is 23.3. The average molecular weight is 512 g/mol. The Morgan fingerprint density at radius 2 is 1.89 bits per heavy atom. The lowest BCUT2D eigenvalue weighted by atomic mass is 10.2. The van der Waals surface area contributed by atoms with Gasteiger partial charge in [0.05, 0.1) is 18.6 Å². The fourth-order valence-corrected chi connectivity index (χ4v) is 2.10. The SMILES string of the molecule is COc1ccc([N+](=O)[O-])cc1CN=C(N)Nc1ccc(OC(F)(F)F)cc1.I. The molecule has 3 N–H and O–H groups in total. The summed E-state index contributed by atoms with van der Waals surface area (Å²) in [5.74, 6) is 0.00347. The quantitative estimate of drug-likeness (QED) is 0.199. The molecular weight excluding hydrogens is 496 g/mol. The molecule has 2 aromatic rings. The molecule has 0 aliphatic rings. The zero-order valence-electron chi connectivity index (χ0n) is 14.4. The van der Waals surface area contributed by atoms with Gasteiger partial charge in [-0.15, -0.1) is 37.1 Å². The molecule has 0 unspecified atom stereocenters. The number of nitrogens with two attached hydrogens (primary N) is 1. The van der Waals surface area contributed by atoms with E-state index in [4.69, 9.17) is 10.5 Å². The fourth-order valence-electron chi connectivity index (χ4n) is 2.10. The summed E-state index contributed by atoms with van der Waals surface area (Å²) < 4.78 is 45.3. The van der Waals surface area contributed by atoms with Crippen LogP contribution in [0.2, 0.25) is 0 Å². The Morgan fingerprint density at radius 1 is 1.25 bits per heavy atom. The number of anilines is 1. The van der Waals surface area contributed by atoms with Crippen molar-refractivity contribution in [3.63, 3.8) is 0 Å². The summed E-state index contributed by atoms with van der Waals surface area (Å²) in [5, 5.41) is 13.6. The molecule has 0 heterocycles. The highest BCUT2D eigenvalue weighted by molar-refractivity contribution is 14.0. The van der Waals surface area contributed by atoms with Crippen molar-refractivity contribution in [2.45, 2.75) is 12.9 Å². The fraction of sp³-hybridized carbons (Fsp3) is 0.188. The number of nitrogens with one attached hydrogen (secondary N) is 1. The molecule has 12 heteroatoms.